The molecule has 0 aliphatic carbocycles. The molecule has 0 aromatic heterocycles. The van der Waals surface area contributed by atoms with E-state index >= 15 is 0 Å². The molecule has 0 saturated heterocycles. The molecule has 0 fully saturated rings. The van der Waals surface area contributed by atoms with Gasteiger partial charge in [0, 0.05) is 19.3 Å². The lowest BCUT2D eigenvalue weighted by Crippen LogP contribution is -2.30. The number of allylic oxidation sites excluding steroid dienone is 14. The molecule has 0 aliphatic heterocycles. The van der Waals surface area contributed by atoms with Crippen molar-refractivity contribution in [2.45, 2.75) is 245 Å². The summed E-state index contributed by atoms with van der Waals surface area (Å²) in [6.07, 6.45) is 65.7. The van der Waals surface area contributed by atoms with Gasteiger partial charge in [-0.25, -0.2) is 0 Å². The van der Waals surface area contributed by atoms with Gasteiger partial charge in [0.15, 0.2) is 6.10 Å². The van der Waals surface area contributed by atoms with E-state index < -0.39 is 6.10 Å². The highest BCUT2D eigenvalue weighted by atomic mass is 16.6. The smallest absolute Gasteiger partial charge is 0.306 e. The second-order valence-corrected chi connectivity index (χ2v) is 17.0. The van der Waals surface area contributed by atoms with Gasteiger partial charge >= 0.3 is 17.9 Å². The minimum absolute atomic E-state index is 0.0979. The van der Waals surface area contributed by atoms with E-state index in [0.717, 1.165) is 109 Å². The number of carbonyl (C=O) groups excluding carboxylic acids is 3. The third-order valence-corrected chi connectivity index (χ3v) is 10.9. The molecule has 0 saturated carbocycles. The molecule has 0 N–H and O–H groups in total. The van der Waals surface area contributed by atoms with Crippen LogP contribution >= 0.6 is 0 Å². The van der Waals surface area contributed by atoms with E-state index in [4.69, 9.17) is 14.2 Å². The molecular formula is C57H96O6. The fourth-order valence-electron chi connectivity index (χ4n) is 6.99. The molecule has 63 heavy (non-hydrogen) atoms. The molecular weight excluding hydrogens is 781 g/mol. The molecule has 0 aliphatic rings. The highest BCUT2D eigenvalue weighted by Crippen LogP contribution is 2.14. The molecule has 0 aromatic rings. The molecule has 0 bridgehead atoms. The van der Waals surface area contributed by atoms with Crippen LogP contribution in [0.5, 0.6) is 0 Å². The molecule has 0 aromatic carbocycles. The second kappa shape index (κ2) is 51.2. The first-order valence-corrected chi connectivity index (χ1v) is 26.1. The van der Waals surface area contributed by atoms with Crippen LogP contribution in [0.1, 0.15) is 239 Å². The van der Waals surface area contributed by atoms with Gasteiger partial charge in [0.05, 0.1) is 0 Å². The first-order chi connectivity index (χ1) is 31.0. The lowest BCUT2D eigenvalue weighted by molar-refractivity contribution is -0.167. The van der Waals surface area contributed by atoms with Crippen LogP contribution in [0.15, 0.2) is 85.1 Å². The van der Waals surface area contributed by atoms with Gasteiger partial charge in [-0.2, -0.15) is 0 Å². The predicted octanol–water partition coefficient (Wildman–Crippen LogP) is 17.2. The summed E-state index contributed by atoms with van der Waals surface area (Å²) in [7, 11) is 0. The lowest BCUT2D eigenvalue weighted by Gasteiger charge is -2.18. The summed E-state index contributed by atoms with van der Waals surface area (Å²) < 4.78 is 16.7. The van der Waals surface area contributed by atoms with Gasteiger partial charge in [-0.3, -0.25) is 14.4 Å². The average molecular weight is 877 g/mol. The van der Waals surface area contributed by atoms with Crippen molar-refractivity contribution >= 4 is 17.9 Å². The predicted molar refractivity (Wildman–Crippen MR) is 270 cm³/mol. The molecule has 0 spiro atoms. The van der Waals surface area contributed by atoms with Gasteiger partial charge in [-0.15, -0.1) is 0 Å². The van der Waals surface area contributed by atoms with Crippen LogP contribution in [0, 0.1) is 0 Å². The SMILES string of the molecule is CC/C=C\C/C=C\C/C=C\CCCCCCCCCCCC(=O)OCC(COC(=O)CCCC/C=C\C/C=C\C/C=C\CC)OC(=O)CCCCC/C=C\CCCCCCCCC. The van der Waals surface area contributed by atoms with Crippen LogP contribution in [-0.2, 0) is 28.6 Å². The van der Waals surface area contributed by atoms with Crippen molar-refractivity contribution in [1.82, 2.24) is 0 Å². The van der Waals surface area contributed by atoms with E-state index in [2.05, 4.69) is 106 Å². The minimum Gasteiger partial charge on any atom is -0.462 e. The third kappa shape index (κ3) is 49.5. The van der Waals surface area contributed by atoms with Crippen molar-refractivity contribution in [3.8, 4) is 0 Å². The summed E-state index contributed by atoms with van der Waals surface area (Å²) in [5.41, 5.74) is 0. The van der Waals surface area contributed by atoms with Gasteiger partial charge in [-0.1, -0.05) is 196 Å². The Morgan fingerprint density at radius 2 is 0.619 bits per heavy atom. The van der Waals surface area contributed by atoms with Crippen molar-refractivity contribution in [3.05, 3.63) is 85.1 Å². The van der Waals surface area contributed by atoms with Gasteiger partial charge in [0.1, 0.15) is 13.2 Å². The normalized spacial score (nSPS) is 12.7. The Kier molecular flexibility index (Phi) is 48.5. The quantitative estimate of drug-likeness (QED) is 0.0262. The molecule has 1 atom stereocenters. The Balaban J connectivity index is 4.41. The topological polar surface area (TPSA) is 78.9 Å². The second-order valence-electron chi connectivity index (χ2n) is 17.0. The van der Waals surface area contributed by atoms with Crippen molar-refractivity contribution in [3.63, 3.8) is 0 Å². The van der Waals surface area contributed by atoms with Crippen LogP contribution in [0.3, 0.4) is 0 Å². The van der Waals surface area contributed by atoms with Gasteiger partial charge < -0.3 is 14.2 Å². The highest BCUT2D eigenvalue weighted by Gasteiger charge is 2.19. The maximum absolute atomic E-state index is 12.8. The molecule has 360 valence electrons. The maximum Gasteiger partial charge on any atom is 0.306 e. The molecule has 6 heteroatoms. The number of unbranched alkanes of at least 4 members (excludes halogenated alkanes) is 21. The van der Waals surface area contributed by atoms with E-state index in [1.54, 1.807) is 0 Å². The van der Waals surface area contributed by atoms with Gasteiger partial charge in [0.25, 0.3) is 0 Å². The van der Waals surface area contributed by atoms with Crippen molar-refractivity contribution in [2.24, 2.45) is 0 Å². The monoisotopic (exact) mass is 877 g/mol. The van der Waals surface area contributed by atoms with Crippen LogP contribution < -0.4 is 0 Å². The van der Waals surface area contributed by atoms with Crippen LogP contribution in [0.2, 0.25) is 0 Å². The zero-order valence-electron chi connectivity index (χ0n) is 41.1. The van der Waals surface area contributed by atoms with E-state index in [1.807, 2.05) is 0 Å². The highest BCUT2D eigenvalue weighted by molar-refractivity contribution is 5.71. The third-order valence-electron chi connectivity index (χ3n) is 10.9. The number of ether oxygens (including phenoxy) is 3. The summed E-state index contributed by atoms with van der Waals surface area (Å²) >= 11 is 0. The van der Waals surface area contributed by atoms with Crippen molar-refractivity contribution < 1.29 is 28.6 Å². The molecule has 1 unspecified atom stereocenters. The standard InChI is InChI=1S/C57H96O6/c1-4-7-10-13-16-19-22-25-27-28-29-30-31-33-35-38-41-44-47-50-56(59)62-53-54(52-61-55(58)49-46-43-40-37-34-24-21-18-15-12-9-6-3)63-57(60)51-48-45-42-39-36-32-26-23-20-17-14-11-8-5-2/h7,9-10,12,16,18-19,21,25,27,32,34,36-37,54H,4-6,8,11,13-15,17,20,22-24,26,28-31,33,35,38-53H2,1-3H3/b10-7-,12-9-,19-16-,21-18-,27-25-,36-32-,37-34-. The Bertz CT molecular complexity index is 1240. The fourth-order valence-corrected chi connectivity index (χ4v) is 6.99. The van der Waals surface area contributed by atoms with Crippen LogP contribution in [0.4, 0.5) is 0 Å². The minimum atomic E-state index is -0.801. The molecule has 0 radical (unpaired) electrons. The summed E-state index contributed by atoms with van der Waals surface area (Å²) in [6.45, 7) is 6.35. The first-order valence-electron chi connectivity index (χ1n) is 26.1. The fraction of sp³-hybridized carbons (Fsp3) is 0.702. The van der Waals surface area contributed by atoms with Gasteiger partial charge in [0.2, 0.25) is 0 Å². The Morgan fingerprint density at radius 3 is 1.03 bits per heavy atom. The Hall–Kier alpha value is -3.41. The van der Waals surface area contributed by atoms with Gasteiger partial charge in [-0.05, 0) is 109 Å². The Labute approximate surface area is 388 Å². The van der Waals surface area contributed by atoms with Crippen LogP contribution in [0.25, 0.3) is 0 Å². The first kappa shape index (κ1) is 59.6. The number of hydrogen-bond acceptors (Lipinski definition) is 6. The molecule has 0 amide bonds. The lowest BCUT2D eigenvalue weighted by atomic mass is 10.1. The maximum atomic E-state index is 12.8. The molecule has 0 rings (SSSR count). The largest absolute Gasteiger partial charge is 0.462 e. The number of esters is 3. The Morgan fingerprint density at radius 1 is 0.333 bits per heavy atom. The number of hydrogen-bond donors (Lipinski definition) is 0. The van der Waals surface area contributed by atoms with E-state index in [1.165, 1.54) is 89.9 Å². The van der Waals surface area contributed by atoms with Crippen LogP contribution in [-0.4, -0.2) is 37.2 Å². The number of rotatable bonds is 46. The summed E-state index contributed by atoms with van der Waals surface area (Å²) in [5.74, 6) is -0.961. The summed E-state index contributed by atoms with van der Waals surface area (Å²) in [6, 6.07) is 0. The zero-order valence-corrected chi connectivity index (χ0v) is 41.1. The van der Waals surface area contributed by atoms with Crippen molar-refractivity contribution in [2.75, 3.05) is 13.2 Å². The van der Waals surface area contributed by atoms with E-state index in [9.17, 15) is 14.4 Å². The zero-order chi connectivity index (χ0) is 45.8. The molecule has 0 heterocycles. The van der Waals surface area contributed by atoms with E-state index in [-0.39, 0.29) is 31.1 Å². The van der Waals surface area contributed by atoms with Crippen molar-refractivity contribution in [1.29, 1.82) is 0 Å². The average Bonchev–Trinajstić information content (AvgIpc) is 3.28. The number of carbonyl (C=O) groups is 3. The summed E-state index contributed by atoms with van der Waals surface area (Å²) in [4.78, 5) is 38.0. The molecule has 6 nitrogen and oxygen atoms in total. The van der Waals surface area contributed by atoms with E-state index in [0.29, 0.717) is 19.3 Å². The summed E-state index contributed by atoms with van der Waals surface area (Å²) in [5, 5.41) is 0.